The summed E-state index contributed by atoms with van der Waals surface area (Å²) in [5.74, 6) is 0.384. The van der Waals surface area contributed by atoms with Crippen molar-refractivity contribution in [3.8, 4) is 11.5 Å². The van der Waals surface area contributed by atoms with E-state index in [9.17, 15) is 9.59 Å². The fraction of sp³-hybridized carbons (Fsp3) is 0.176. The minimum absolute atomic E-state index is 0.0938. The summed E-state index contributed by atoms with van der Waals surface area (Å²) in [5, 5.41) is 0. The van der Waals surface area contributed by atoms with Crippen molar-refractivity contribution in [2.24, 2.45) is 0 Å². The summed E-state index contributed by atoms with van der Waals surface area (Å²) in [6.07, 6.45) is 0.0938. The molecule has 0 aliphatic carbocycles. The van der Waals surface area contributed by atoms with Gasteiger partial charge in [-0.1, -0.05) is 18.2 Å². The van der Waals surface area contributed by atoms with Gasteiger partial charge in [0.05, 0.1) is 26.2 Å². The van der Waals surface area contributed by atoms with Gasteiger partial charge < -0.3 is 9.47 Å². The van der Waals surface area contributed by atoms with Crippen LogP contribution in [0.4, 0.5) is 0 Å². The summed E-state index contributed by atoms with van der Waals surface area (Å²) in [4.78, 5) is 24.0. The summed E-state index contributed by atoms with van der Waals surface area (Å²) >= 11 is 3.29. The van der Waals surface area contributed by atoms with Gasteiger partial charge in [-0.3, -0.25) is 20.4 Å². The molecule has 126 valence electrons. The number of methoxy groups -OCH3 is 2. The van der Waals surface area contributed by atoms with E-state index in [0.29, 0.717) is 21.5 Å². The second-order valence-electron chi connectivity index (χ2n) is 4.85. The fourth-order valence-corrected chi connectivity index (χ4v) is 2.52. The van der Waals surface area contributed by atoms with Crippen molar-refractivity contribution >= 4 is 27.7 Å². The van der Waals surface area contributed by atoms with Crippen LogP contribution in [0.2, 0.25) is 0 Å². The Hall–Kier alpha value is -2.54. The first-order chi connectivity index (χ1) is 11.5. The van der Waals surface area contributed by atoms with Crippen molar-refractivity contribution in [1.29, 1.82) is 0 Å². The highest BCUT2D eigenvalue weighted by Gasteiger charge is 2.12. The number of nitrogens with one attached hydrogen (secondary N) is 2. The first-order valence-corrected chi connectivity index (χ1v) is 7.89. The Labute approximate surface area is 148 Å². The van der Waals surface area contributed by atoms with Crippen LogP contribution >= 0.6 is 15.9 Å². The van der Waals surface area contributed by atoms with Gasteiger partial charge in [-0.25, -0.2) is 0 Å². The van der Waals surface area contributed by atoms with Crippen LogP contribution < -0.4 is 20.3 Å². The number of halogens is 1. The standard InChI is InChI=1S/C17H17BrN2O4/c1-23-14-8-7-11(9-15(14)24-2)10-16(21)19-20-17(22)12-5-3-4-6-13(12)18/h3-9H,10H2,1-2H3,(H,19,21)(H,20,22). The first-order valence-electron chi connectivity index (χ1n) is 7.09. The number of amides is 2. The van der Waals surface area contributed by atoms with E-state index >= 15 is 0 Å². The van der Waals surface area contributed by atoms with Crippen molar-refractivity contribution in [3.05, 3.63) is 58.1 Å². The van der Waals surface area contributed by atoms with Gasteiger partial charge >= 0.3 is 0 Å². The maximum absolute atomic E-state index is 12.0. The average Bonchev–Trinajstić information content (AvgIpc) is 2.60. The maximum atomic E-state index is 12.0. The van der Waals surface area contributed by atoms with E-state index in [-0.39, 0.29) is 12.3 Å². The second-order valence-corrected chi connectivity index (χ2v) is 5.70. The molecule has 0 atom stereocenters. The molecule has 0 spiro atoms. The van der Waals surface area contributed by atoms with Gasteiger partial charge in [-0.15, -0.1) is 0 Å². The smallest absolute Gasteiger partial charge is 0.270 e. The largest absolute Gasteiger partial charge is 0.493 e. The highest BCUT2D eigenvalue weighted by molar-refractivity contribution is 9.10. The van der Waals surface area contributed by atoms with Crippen LogP contribution in [0.15, 0.2) is 46.9 Å². The molecule has 2 aromatic carbocycles. The van der Waals surface area contributed by atoms with E-state index in [2.05, 4.69) is 26.8 Å². The number of hydrogen-bond acceptors (Lipinski definition) is 4. The number of carbonyl (C=O) groups excluding carboxylic acids is 2. The lowest BCUT2D eigenvalue weighted by Crippen LogP contribution is -2.42. The summed E-state index contributed by atoms with van der Waals surface area (Å²) in [6.45, 7) is 0. The van der Waals surface area contributed by atoms with E-state index in [0.717, 1.165) is 5.56 Å². The van der Waals surface area contributed by atoms with E-state index in [1.807, 2.05) is 0 Å². The van der Waals surface area contributed by atoms with Crippen LogP contribution in [-0.4, -0.2) is 26.0 Å². The summed E-state index contributed by atoms with van der Waals surface area (Å²) < 4.78 is 11.0. The van der Waals surface area contributed by atoms with Gasteiger partial charge in [0.15, 0.2) is 11.5 Å². The minimum atomic E-state index is -0.400. The van der Waals surface area contributed by atoms with E-state index < -0.39 is 5.91 Å². The molecular formula is C17H17BrN2O4. The molecule has 0 fully saturated rings. The fourth-order valence-electron chi connectivity index (χ4n) is 2.06. The van der Waals surface area contributed by atoms with E-state index in [4.69, 9.17) is 9.47 Å². The zero-order chi connectivity index (χ0) is 17.5. The molecule has 0 heterocycles. The molecule has 7 heteroatoms. The zero-order valence-electron chi connectivity index (χ0n) is 13.3. The molecule has 0 aliphatic rings. The van der Waals surface area contributed by atoms with Crippen LogP contribution in [-0.2, 0) is 11.2 Å². The van der Waals surface area contributed by atoms with Gasteiger partial charge in [-0.05, 0) is 45.8 Å². The van der Waals surface area contributed by atoms with Gasteiger partial charge in [0.25, 0.3) is 5.91 Å². The molecule has 0 saturated heterocycles. The molecule has 0 bridgehead atoms. The molecule has 0 unspecified atom stereocenters. The second kappa shape index (κ2) is 8.35. The normalized spacial score (nSPS) is 9.96. The number of hydrazine groups is 1. The van der Waals surface area contributed by atoms with E-state index in [1.54, 1.807) is 49.6 Å². The van der Waals surface area contributed by atoms with Crippen molar-refractivity contribution in [2.75, 3.05) is 14.2 Å². The quantitative estimate of drug-likeness (QED) is 0.766. The molecule has 2 aromatic rings. The predicted molar refractivity (Wildman–Crippen MR) is 93.0 cm³/mol. The zero-order valence-corrected chi connectivity index (χ0v) is 14.8. The highest BCUT2D eigenvalue weighted by atomic mass is 79.9. The van der Waals surface area contributed by atoms with Gasteiger partial charge in [0, 0.05) is 4.47 Å². The lowest BCUT2D eigenvalue weighted by molar-refractivity contribution is -0.121. The Kier molecular flexibility index (Phi) is 6.20. The number of carbonyl (C=O) groups is 2. The van der Waals surface area contributed by atoms with Crippen LogP contribution in [0, 0.1) is 0 Å². The molecule has 2 amide bonds. The average molecular weight is 393 g/mol. The van der Waals surface area contributed by atoms with Crippen LogP contribution in [0.3, 0.4) is 0 Å². The predicted octanol–water partition coefficient (Wildman–Crippen LogP) is 2.47. The minimum Gasteiger partial charge on any atom is -0.493 e. The van der Waals surface area contributed by atoms with Gasteiger partial charge in [0.1, 0.15) is 0 Å². The lowest BCUT2D eigenvalue weighted by Gasteiger charge is -2.11. The van der Waals surface area contributed by atoms with Crippen molar-refractivity contribution in [3.63, 3.8) is 0 Å². The van der Waals surface area contributed by atoms with Crippen molar-refractivity contribution in [1.82, 2.24) is 10.9 Å². The Morgan fingerprint density at radius 1 is 1.00 bits per heavy atom. The topological polar surface area (TPSA) is 76.7 Å². The van der Waals surface area contributed by atoms with Gasteiger partial charge in [-0.2, -0.15) is 0 Å². The third kappa shape index (κ3) is 4.48. The molecule has 24 heavy (non-hydrogen) atoms. The first kappa shape index (κ1) is 17.8. The third-order valence-electron chi connectivity index (χ3n) is 3.25. The highest BCUT2D eigenvalue weighted by Crippen LogP contribution is 2.27. The molecule has 0 radical (unpaired) electrons. The summed E-state index contributed by atoms with van der Waals surface area (Å²) in [6, 6.07) is 12.1. The van der Waals surface area contributed by atoms with Crippen LogP contribution in [0.1, 0.15) is 15.9 Å². The molecule has 0 aliphatic heterocycles. The third-order valence-corrected chi connectivity index (χ3v) is 3.94. The van der Waals surface area contributed by atoms with Crippen LogP contribution in [0.5, 0.6) is 11.5 Å². The molecule has 0 aromatic heterocycles. The summed E-state index contributed by atoms with van der Waals surface area (Å²) in [5.41, 5.74) is 5.95. The van der Waals surface area contributed by atoms with Crippen LogP contribution in [0.25, 0.3) is 0 Å². The maximum Gasteiger partial charge on any atom is 0.270 e. The Bertz CT molecular complexity index is 749. The number of rotatable bonds is 5. The molecule has 0 saturated carbocycles. The molecule has 2 rings (SSSR count). The molecule has 2 N–H and O–H groups in total. The molecule has 6 nitrogen and oxygen atoms in total. The van der Waals surface area contributed by atoms with Gasteiger partial charge in [0.2, 0.25) is 5.91 Å². The monoisotopic (exact) mass is 392 g/mol. The Morgan fingerprint density at radius 2 is 1.71 bits per heavy atom. The number of ether oxygens (including phenoxy) is 2. The number of benzene rings is 2. The molecular weight excluding hydrogens is 376 g/mol. The SMILES string of the molecule is COc1ccc(CC(=O)NNC(=O)c2ccccc2Br)cc1OC. The van der Waals surface area contributed by atoms with Crippen molar-refractivity contribution in [2.45, 2.75) is 6.42 Å². The lowest BCUT2D eigenvalue weighted by atomic mass is 10.1. The van der Waals surface area contributed by atoms with E-state index in [1.165, 1.54) is 7.11 Å². The Balaban J connectivity index is 1.94. The Morgan fingerprint density at radius 3 is 2.38 bits per heavy atom. The van der Waals surface area contributed by atoms with Crippen molar-refractivity contribution < 1.29 is 19.1 Å². The number of hydrogen-bond donors (Lipinski definition) is 2. The summed E-state index contributed by atoms with van der Waals surface area (Å²) in [7, 11) is 3.07.